The number of carbonyl (C=O) groups is 1. The summed E-state index contributed by atoms with van der Waals surface area (Å²) in [6.45, 7) is 2.77. The molecular weight excluding hydrogens is 438 g/mol. The van der Waals surface area contributed by atoms with E-state index in [2.05, 4.69) is 15.2 Å². The molecule has 8 heteroatoms. The van der Waals surface area contributed by atoms with Crippen LogP contribution in [0, 0.1) is 0 Å². The second-order valence-corrected chi connectivity index (χ2v) is 7.91. The number of hydrogen-bond acceptors (Lipinski definition) is 6. The van der Waals surface area contributed by atoms with Gasteiger partial charge in [0.05, 0.1) is 22.7 Å². The molecule has 2 heterocycles. The molecule has 0 aliphatic rings. The van der Waals surface area contributed by atoms with Crippen molar-refractivity contribution >= 4 is 29.0 Å². The van der Waals surface area contributed by atoms with Crippen LogP contribution in [0.25, 0.3) is 11.5 Å². The fourth-order valence-electron chi connectivity index (χ4n) is 3.42. The van der Waals surface area contributed by atoms with Crippen molar-refractivity contribution < 1.29 is 9.21 Å². The summed E-state index contributed by atoms with van der Waals surface area (Å²) in [4.78, 5) is 21.3. The quantitative estimate of drug-likeness (QED) is 0.339. The lowest BCUT2D eigenvalue weighted by Crippen LogP contribution is -2.31. The average Bonchev–Trinajstić information content (AvgIpc) is 3.32. The first kappa shape index (κ1) is 22.5. The first-order chi connectivity index (χ1) is 16.1. The summed E-state index contributed by atoms with van der Waals surface area (Å²) < 4.78 is 5.79. The molecule has 0 bridgehead atoms. The van der Waals surface area contributed by atoms with E-state index in [1.165, 1.54) is 0 Å². The van der Waals surface area contributed by atoms with E-state index in [-0.39, 0.29) is 12.5 Å². The van der Waals surface area contributed by atoms with Crippen LogP contribution in [0.2, 0.25) is 5.02 Å². The molecule has 4 rings (SSSR count). The van der Waals surface area contributed by atoms with E-state index in [0.29, 0.717) is 34.5 Å². The number of amides is 1. The van der Waals surface area contributed by atoms with Crippen LogP contribution in [0.15, 0.2) is 77.3 Å². The second-order valence-electron chi connectivity index (χ2n) is 7.51. The van der Waals surface area contributed by atoms with Gasteiger partial charge in [0.15, 0.2) is 0 Å². The van der Waals surface area contributed by atoms with Gasteiger partial charge in [0.1, 0.15) is 5.82 Å². The fraction of sp³-hybridized carbons (Fsp3) is 0.200. The minimum Gasteiger partial charge on any atom is -0.419 e. The van der Waals surface area contributed by atoms with E-state index in [1.807, 2.05) is 73.5 Å². The van der Waals surface area contributed by atoms with Gasteiger partial charge < -0.3 is 14.2 Å². The molecule has 0 saturated heterocycles. The lowest BCUT2D eigenvalue weighted by Gasteiger charge is -2.21. The third-order valence-corrected chi connectivity index (χ3v) is 5.49. The van der Waals surface area contributed by atoms with E-state index >= 15 is 0 Å². The van der Waals surface area contributed by atoms with Gasteiger partial charge in [-0.25, -0.2) is 4.98 Å². The highest BCUT2D eigenvalue weighted by Gasteiger charge is 2.20. The number of benzene rings is 2. The molecule has 1 amide bonds. The van der Waals surface area contributed by atoms with Crippen LogP contribution in [-0.2, 0) is 6.54 Å². The maximum atomic E-state index is 13.2. The fourth-order valence-corrected chi connectivity index (χ4v) is 3.64. The number of para-hydroxylation sites is 1. The average molecular weight is 462 g/mol. The van der Waals surface area contributed by atoms with Gasteiger partial charge in [0, 0.05) is 25.5 Å². The number of aromatic nitrogens is 3. The topological polar surface area (TPSA) is 75.4 Å². The molecular formula is C25H24ClN5O2. The molecule has 0 fully saturated rings. The van der Waals surface area contributed by atoms with Gasteiger partial charge in [-0.15, -0.1) is 10.2 Å². The Morgan fingerprint density at radius 1 is 1.00 bits per heavy atom. The summed E-state index contributed by atoms with van der Waals surface area (Å²) in [6.07, 6.45) is 2.39. The second kappa shape index (κ2) is 10.3. The molecule has 0 aliphatic carbocycles. The summed E-state index contributed by atoms with van der Waals surface area (Å²) in [5.41, 5.74) is 2.18. The summed E-state index contributed by atoms with van der Waals surface area (Å²) in [7, 11) is 1.94. The predicted octanol–water partition coefficient (Wildman–Crippen LogP) is 5.61. The first-order valence-corrected chi connectivity index (χ1v) is 11.1. The van der Waals surface area contributed by atoms with Crippen LogP contribution >= 0.6 is 11.6 Å². The van der Waals surface area contributed by atoms with Crippen molar-refractivity contribution in [3.05, 3.63) is 89.4 Å². The molecule has 0 N–H and O–H groups in total. The van der Waals surface area contributed by atoms with Gasteiger partial charge in [-0.05, 0) is 42.8 Å². The van der Waals surface area contributed by atoms with Gasteiger partial charge in [0.2, 0.25) is 11.8 Å². The minimum absolute atomic E-state index is 0.143. The predicted molar refractivity (Wildman–Crippen MR) is 129 cm³/mol. The molecule has 0 spiro atoms. The van der Waals surface area contributed by atoms with Gasteiger partial charge in [0.25, 0.3) is 5.91 Å². The van der Waals surface area contributed by atoms with Gasteiger partial charge in [-0.1, -0.05) is 48.9 Å². The van der Waals surface area contributed by atoms with Gasteiger partial charge >= 0.3 is 0 Å². The molecule has 0 unspecified atom stereocenters. The molecule has 4 aromatic rings. The normalized spacial score (nSPS) is 10.8. The maximum absolute atomic E-state index is 13.2. The largest absolute Gasteiger partial charge is 0.419 e. The van der Waals surface area contributed by atoms with E-state index in [0.717, 1.165) is 17.9 Å². The molecule has 168 valence electrons. The van der Waals surface area contributed by atoms with E-state index in [1.54, 1.807) is 23.2 Å². The number of halogens is 1. The Hall–Kier alpha value is -3.71. The molecule has 0 aliphatic heterocycles. The van der Waals surface area contributed by atoms with Crippen LogP contribution in [0.3, 0.4) is 0 Å². The number of hydrogen-bond donors (Lipinski definition) is 0. The molecule has 2 aromatic heterocycles. The van der Waals surface area contributed by atoms with Gasteiger partial charge in [-0.2, -0.15) is 0 Å². The lowest BCUT2D eigenvalue weighted by molar-refractivity contribution is 0.0728. The zero-order chi connectivity index (χ0) is 23.2. The van der Waals surface area contributed by atoms with Crippen LogP contribution in [0.5, 0.6) is 0 Å². The molecule has 0 radical (unpaired) electrons. The highest BCUT2D eigenvalue weighted by Crippen LogP contribution is 2.27. The monoisotopic (exact) mass is 461 g/mol. The Bertz CT molecular complexity index is 1210. The van der Waals surface area contributed by atoms with Crippen LogP contribution in [0.4, 0.5) is 11.5 Å². The van der Waals surface area contributed by atoms with Crippen molar-refractivity contribution in [2.45, 2.75) is 19.9 Å². The number of pyridine rings is 1. The smallest absolute Gasteiger partial charge is 0.255 e. The highest BCUT2D eigenvalue weighted by molar-refractivity contribution is 6.33. The lowest BCUT2D eigenvalue weighted by atomic mass is 10.2. The molecule has 33 heavy (non-hydrogen) atoms. The summed E-state index contributed by atoms with van der Waals surface area (Å²) >= 11 is 6.23. The SMILES string of the molecule is CCCN(Cc1nnc(-c2ccccc2Cl)o1)C(=O)c1ccc(N(C)c2ccccc2)nc1. The van der Waals surface area contributed by atoms with Crippen LogP contribution in [0.1, 0.15) is 29.6 Å². The van der Waals surface area contributed by atoms with Crippen molar-refractivity contribution in [2.24, 2.45) is 0 Å². The summed E-state index contributed by atoms with van der Waals surface area (Å²) in [6, 6.07) is 20.8. The first-order valence-electron chi connectivity index (χ1n) is 10.7. The number of rotatable bonds is 8. The Labute approximate surface area is 197 Å². The molecule has 0 atom stereocenters. The Morgan fingerprint density at radius 3 is 2.45 bits per heavy atom. The Morgan fingerprint density at radius 2 is 1.76 bits per heavy atom. The standard InChI is InChI=1S/C25H24ClN5O2/c1-3-15-31(17-23-28-29-24(33-23)20-11-7-8-12-21(20)26)25(32)18-13-14-22(27-16-18)30(2)19-9-5-4-6-10-19/h4-14,16H,3,15,17H2,1-2H3. The highest BCUT2D eigenvalue weighted by atomic mass is 35.5. The Kier molecular flexibility index (Phi) is 7.00. The molecule has 2 aromatic carbocycles. The maximum Gasteiger partial charge on any atom is 0.255 e. The third kappa shape index (κ3) is 5.21. The van der Waals surface area contributed by atoms with E-state index in [9.17, 15) is 4.79 Å². The summed E-state index contributed by atoms with van der Waals surface area (Å²) in [5.74, 6) is 1.28. The number of nitrogens with zero attached hydrogens (tertiary/aromatic N) is 5. The van der Waals surface area contributed by atoms with E-state index in [4.69, 9.17) is 16.0 Å². The van der Waals surface area contributed by atoms with Crippen molar-refractivity contribution in [3.8, 4) is 11.5 Å². The van der Waals surface area contributed by atoms with Crippen LogP contribution < -0.4 is 4.90 Å². The van der Waals surface area contributed by atoms with Crippen LogP contribution in [-0.4, -0.2) is 39.6 Å². The summed E-state index contributed by atoms with van der Waals surface area (Å²) in [5, 5.41) is 8.74. The van der Waals surface area contributed by atoms with Crippen molar-refractivity contribution in [1.82, 2.24) is 20.1 Å². The molecule has 7 nitrogen and oxygen atoms in total. The van der Waals surface area contributed by atoms with Crippen molar-refractivity contribution in [2.75, 3.05) is 18.5 Å². The third-order valence-electron chi connectivity index (χ3n) is 5.16. The molecule has 0 saturated carbocycles. The zero-order valence-electron chi connectivity index (χ0n) is 18.5. The minimum atomic E-state index is -0.143. The number of carbonyl (C=O) groups excluding carboxylic acids is 1. The van der Waals surface area contributed by atoms with Crippen molar-refractivity contribution in [3.63, 3.8) is 0 Å². The van der Waals surface area contributed by atoms with E-state index < -0.39 is 0 Å². The van der Waals surface area contributed by atoms with Gasteiger partial charge in [-0.3, -0.25) is 4.79 Å². The van der Waals surface area contributed by atoms with Crippen molar-refractivity contribution in [1.29, 1.82) is 0 Å². The zero-order valence-corrected chi connectivity index (χ0v) is 19.2. The Balaban J connectivity index is 1.49. The number of anilines is 2.